The second-order valence-electron chi connectivity index (χ2n) is 10.7. The summed E-state index contributed by atoms with van der Waals surface area (Å²) in [5, 5.41) is 34.0. The minimum atomic E-state index is -2.27. The Hall–Kier alpha value is -2.05. The van der Waals surface area contributed by atoms with E-state index in [-0.39, 0.29) is 6.61 Å². The molecule has 11 heteroatoms. The number of rotatable bonds is 7. The molecule has 11 nitrogen and oxygen atoms in total. The normalized spacial score (nSPS) is 49.0. The topological polar surface area (TPSA) is 158 Å². The van der Waals surface area contributed by atoms with Crippen LogP contribution < -0.4 is 0 Å². The molecule has 0 amide bonds. The van der Waals surface area contributed by atoms with Crippen LogP contribution in [0.15, 0.2) is 12.2 Å². The summed E-state index contributed by atoms with van der Waals surface area (Å²) in [6.45, 7) is 10.1. The maximum atomic E-state index is 13.6. The Morgan fingerprint density at radius 2 is 1.89 bits per heavy atom. The molecule has 5 aliphatic rings. The summed E-state index contributed by atoms with van der Waals surface area (Å²) < 4.78 is 28.9. The Bertz CT molecular complexity index is 994. The molecular formula is C24H32O11. The Balaban J connectivity index is 1.85. The van der Waals surface area contributed by atoms with Gasteiger partial charge in [-0.25, -0.2) is 9.59 Å². The van der Waals surface area contributed by atoms with Gasteiger partial charge in [-0.15, -0.1) is 0 Å². The summed E-state index contributed by atoms with van der Waals surface area (Å²) in [5.74, 6) is -3.71. The molecule has 6 unspecified atom stereocenters. The first kappa shape index (κ1) is 24.6. The van der Waals surface area contributed by atoms with Crippen LogP contribution >= 0.6 is 0 Å². The zero-order valence-electron chi connectivity index (χ0n) is 20.2. The third-order valence-electron chi connectivity index (χ3n) is 9.09. The highest BCUT2D eigenvalue weighted by Gasteiger charge is 2.98. The molecule has 1 saturated carbocycles. The third kappa shape index (κ3) is 2.33. The molecule has 3 N–H and O–H groups in total. The molecule has 4 heterocycles. The zero-order chi connectivity index (χ0) is 25.7. The van der Waals surface area contributed by atoms with E-state index < -0.39 is 89.1 Å². The van der Waals surface area contributed by atoms with Gasteiger partial charge in [-0.05, 0) is 27.2 Å². The SMILES string of the molecule is C=C(C)[C@H]([C@H](C)O)C12C(OC(=O)[C@@H]1OCCCC)OC13C(=O)OCC21[C@@H](O)C1OC(=O)C3(C)[C@H]1O. The summed E-state index contributed by atoms with van der Waals surface area (Å²) >= 11 is 0. The summed E-state index contributed by atoms with van der Waals surface area (Å²) in [6.07, 6.45) is -7.44. The molecule has 0 aromatic heterocycles. The lowest BCUT2D eigenvalue weighted by atomic mass is 9.41. The van der Waals surface area contributed by atoms with Gasteiger partial charge in [0.25, 0.3) is 0 Å². The van der Waals surface area contributed by atoms with Gasteiger partial charge in [-0.2, -0.15) is 0 Å². The average molecular weight is 497 g/mol. The average Bonchev–Trinajstić information content (AvgIpc) is 3.38. The molecule has 5 fully saturated rings. The van der Waals surface area contributed by atoms with Gasteiger partial charge in [0.2, 0.25) is 6.29 Å². The van der Waals surface area contributed by atoms with Crippen molar-refractivity contribution in [3.63, 3.8) is 0 Å². The molecular weight excluding hydrogens is 464 g/mol. The fraction of sp³-hybridized carbons (Fsp3) is 0.792. The summed E-state index contributed by atoms with van der Waals surface area (Å²) in [7, 11) is 0. The highest BCUT2D eigenvalue weighted by Crippen LogP contribution is 2.78. The first-order valence-corrected chi connectivity index (χ1v) is 12.0. The first-order chi connectivity index (χ1) is 16.4. The number of hydrogen-bond acceptors (Lipinski definition) is 11. The van der Waals surface area contributed by atoms with Gasteiger partial charge in [-0.1, -0.05) is 25.5 Å². The molecule has 0 radical (unpaired) electrons. The van der Waals surface area contributed by atoms with Crippen molar-refractivity contribution >= 4 is 17.9 Å². The lowest BCUT2D eigenvalue weighted by Crippen LogP contribution is -2.78. The number of carbonyl (C=O) groups is 3. The quantitative estimate of drug-likeness (QED) is 0.182. The minimum Gasteiger partial charge on any atom is -0.463 e. The minimum absolute atomic E-state index is 0.153. The van der Waals surface area contributed by atoms with Gasteiger partial charge in [0.05, 0.1) is 16.9 Å². The Morgan fingerprint density at radius 1 is 1.20 bits per heavy atom. The fourth-order valence-electron chi connectivity index (χ4n) is 7.79. The number of cyclic esters (lactones) is 1. The summed E-state index contributed by atoms with van der Waals surface area (Å²) in [4.78, 5) is 40.0. The van der Waals surface area contributed by atoms with Crippen LogP contribution in [0.5, 0.6) is 0 Å². The maximum Gasteiger partial charge on any atom is 0.340 e. The van der Waals surface area contributed by atoms with Crippen LogP contribution in [0.1, 0.15) is 40.5 Å². The van der Waals surface area contributed by atoms with Crippen molar-refractivity contribution in [2.75, 3.05) is 13.2 Å². The van der Waals surface area contributed by atoms with Gasteiger partial charge < -0.3 is 39.0 Å². The molecule has 5 rings (SSSR count). The van der Waals surface area contributed by atoms with Crippen molar-refractivity contribution in [2.24, 2.45) is 22.2 Å². The van der Waals surface area contributed by atoms with Crippen molar-refractivity contribution in [1.82, 2.24) is 0 Å². The fourth-order valence-corrected chi connectivity index (χ4v) is 7.79. The first-order valence-electron chi connectivity index (χ1n) is 12.0. The second-order valence-corrected chi connectivity index (χ2v) is 10.7. The van der Waals surface area contributed by atoms with Crippen LogP contribution in [0, 0.1) is 22.2 Å². The van der Waals surface area contributed by atoms with E-state index in [9.17, 15) is 29.7 Å². The highest BCUT2D eigenvalue weighted by atomic mass is 16.8. The predicted octanol–water partition coefficient (Wildman–Crippen LogP) is -0.407. The van der Waals surface area contributed by atoms with Gasteiger partial charge in [-0.3, -0.25) is 4.79 Å². The van der Waals surface area contributed by atoms with Crippen LogP contribution in [0.3, 0.4) is 0 Å². The van der Waals surface area contributed by atoms with Crippen LogP contribution in [0.4, 0.5) is 0 Å². The zero-order valence-corrected chi connectivity index (χ0v) is 20.2. The summed E-state index contributed by atoms with van der Waals surface area (Å²) in [6, 6.07) is 0. The molecule has 11 atom stereocenters. The lowest BCUT2D eigenvalue weighted by Gasteiger charge is -2.57. The van der Waals surface area contributed by atoms with E-state index in [2.05, 4.69) is 6.58 Å². The largest absolute Gasteiger partial charge is 0.463 e. The Morgan fingerprint density at radius 3 is 2.49 bits per heavy atom. The molecule has 2 bridgehead atoms. The molecule has 0 aromatic rings. The van der Waals surface area contributed by atoms with Crippen molar-refractivity contribution in [1.29, 1.82) is 0 Å². The van der Waals surface area contributed by atoms with E-state index in [0.717, 1.165) is 6.42 Å². The van der Waals surface area contributed by atoms with Crippen LogP contribution in [0.2, 0.25) is 0 Å². The van der Waals surface area contributed by atoms with Crippen molar-refractivity contribution in [3.8, 4) is 0 Å². The van der Waals surface area contributed by atoms with Crippen molar-refractivity contribution in [3.05, 3.63) is 12.2 Å². The molecule has 4 saturated heterocycles. The molecule has 4 aliphatic heterocycles. The second kappa shape index (κ2) is 7.48. The van der Waals surface area contributed by atoms with E-state index in [4.69, 9.17) is 23.7 Å². The number of fused-ring (bicyclic) bond motifs is 3. The van der Waals surface area contributed by atoms with Gasteiger partial charge in [0, 0.05) is 12.5 Å². The van der Waals surface area contributed by atoms with Crippen molar-refractivity contribution in [2.45, 2.75) is 82.9 Å². The third-order valence-corrected chi connectivity index (χ3v) is 9.09. The Labute approximate surface area is 202 Å². The number of unbranched alkanes of at least 4 members (excludes halogenated alkanes) is 1. The van der Waals surface area contributed by atoms with Crippen LogP contribution in [-0.4, -0.2) is 88.9 Å². The van der Waals surface area contributed by atoms with E-state index in [1.165, 1.54) is 13.8 Å². The number of carbonyl (C=O) groups excluding carboxylic acids is 3. The number of hydrogen-bond donors (Lipinski definition) is 3. The van der Waals surface area contributed by atoms with E-state index in [1.54, 1.807) is 6.92 Å². The molecule has 35 heavy (non-hydrogen) atoms. The van der Waals surface area contributed by atoms with Gasteiger partial charge >= 0.3 is 17.9 Å². The van der Waals surface area contributed by atoms with Crippen LogP contribution in [-0.2, 0) is 38.1 Å². The number of ether oxygens (including phenoxy) is 5. The lowest BCUT2D eigenvalue weighted by molar-refractivity contribution is -0.252. The van der Waals surface area contributed by atoms with Gasteiger partial charge in [0.15, 0.2) is 17.8 Å². The van der Waals surface area contributed by atoms with E-state index in [0.29, 0.717) is 12.0 Å². The molecule has 1 aliphatic carbocycles. The standard InChI is InChI=1S/C24H32O11/c1-6-7-8-31-16-17(28)34-20-23(16,12(10(2)3)11(4)25)22-9-32-19(30)24(22,35-20)21(5)14(26)13(15(22)27)33-18(21)29/h11-16,20,25-27H,2,6-9H2,1,3-5H3/t11-,12+,13?,14-,15-,16-,20?,21?,22?,23?,24?/m0/s1. The number of esters is 3. The molecule has 0 spiro atoms. The molecule has 194 valence electrons. The maximum absolute atomic E-state index is 13.6. The number of aliphatic hydroxyl groups excluding tert-OH is 3. The van der Waals surface area contributed by atoms with Gasteiger partial charge in [0.1, 0.15) is 24.2 Å². The summed E-state index contributed by atoms with van der Waals surface area (Å²) in [5.41, 5.74) is -7.44. The number of aliphatic hydroxyl groups is 3. The highest BCUT2D eigenvalue weighted by molar-refractivity contribution is 5.97. The Kier molecular flexibility index (Phi) is 5.27. The monoisotopic (exact) mass is 496 g/mol. The smallest absolute Gasteiger partial charge is 0.340 e. The van der Waals surface area contributed by atoms with E-state index >= 15 is 0 Å². The molecule has 0 aromatic carbocycles. The van der Waals surface area contributed by atoms with Crippen LogP contribution in [0.25, 0.3) is 0 Å². The van der Waals surface area contributed by atoms with Crippen molar-refractivity contribution < 1.29 is 53.4 Å². The van der Waals surface area contributed by atoms with E-state index in [1.807, 2.05) is 6.92 Å². The predicted molar refractivity (Wildman–Crippen MR) is 114 cm³/mol.